The highest BCUT2D eigenvalue weighted by atomic mass is 32.3. The molecular formula is C16H13NO7S2. The Morgan fingerprint density at radius 2 is 1.38 bits per heavy atom. The summed E-state index contributed by atoms with van der Waals surface area (Å²) in [7, 11) is -9.80. The van der Waals surface area contributed by atoms with Crippen LogP contribution in [0.1, 0.15) is 0 Å². The molecule has 0 atom stereocenters. The zero-order valence-electron chi connectivity index (χ0n) is 13.1. The van der Waals surface area contributed by atoms with E-state index in [9.17, 15) is 21.4 Å². The molecule has 0 heterocycles. The van der Waals surface area contributed by atoms with Crippen LogP contribution in [0.4, 0.5) is 11.4 Å². The van der Waals surface area contributed by atoms with Gasteiger partial charge in [-0.2, -0.15) is 16.8 Å². The van der Waals surface area contributed by atoms with Crippen LogP contribution in [-0.4, -0.2) is 25.9 Å². The highest BCUT2D eigenvalue weighted by Gasteiger charge is 2.28. The van der Waals surface area contributed by atoms with Crippen molar-refractivity contribution in [3.8, 4) is 5.75 Å². The molecule has 0 saturated heterocycles. The van der Waals surface area contributed by atoms with E-state index in [4.69, 9.17) is 4.55 Å². The Hall–Kier alpha value is -2.66. The third-order valence-electron chi connectivity index (χ3n) is 3.49. The van der Waals surface area contributed by atoms with Gasteiger partial charge in [-0.1, -0.05) is 48.5 Å². The lowest BCUT2D eigenvalue weighted by atomic mass is 10.1. The number of hydrogen-bond acceptors (Lipinski definition) is 5. The SMILES string of the molecule is O=S(=O)(O)Oc1c(N(c2ccccc2)S(=O)(=O)O)ccc2ccccc12. The van der Waals surface area contributed by atoms with Crippen LogP contribution in [-0.2, 0) is 20.7 Å². The molecule has 26 heavy (non-hydrogen) atoms. The smallest absolute Gasteiger partial charge is 0.359 e. The summed E-state index contributed by atoms with van der Waals surface area (Å²) in [6.45, 7) is 0. The van der Waals surface area contributed by atoms with Gasteiger partial charge in [0.05, 0.1) is 5.69 Å². The van der Waals surface area contributed by atoms with Crippen molar-refractivity contribution in [3.05, 3.63) is 66.7 Å². The van der Waals surface area contributed by atoms with Gasteiger partial charge >= 0.3 is 20.7 Å². The van der Waals surface area contributed by atoms with Crippen molar-refractivity contribution < 1.29 is 30.1 Å². The molecule has 3 aromatic carbocycles. The van der Waals surface area contributed by atoms with Crippen LogP contribution in [0.3, 0.4) is 0 Å². The first-order valence-corrected chi connectivity index (χ1v) is 9.94. The van der Waals surface area contributed by atoms with Crippen molar-refractivity contribution in [2.45, 2.75) is 0 Å². The topological polar surface area (TPSA) is 121 Å². The van der Waals surface area contributed by atoms with Gasteiger partial charge in [0.1, 0.15) is 5.69 Å². The van der Waals surface area contributed by atoms with E-state index in [1.165, 1.54) is 42.5 Å². The number of nitrogens with zero attached hydrogens (tertiary/aromatic N) is 1. The minimum Gasteiger partial charge on any atom is -0.359 e. The lowest BCUT2D eigenvalue weighted by molar-refractivity contribution is 0.388. The van der Waals surface area contributed by atoms with Crippen LogP contribution in [0, 0.1) is 0 Å². The molecule has 0 radical (unpaired) electrons. The first kappa shape index (κ1) is 18.1. The number of para-hydroxylation sites is 1. The predicted octanol–water partition coefficient (Wildman–Crippen LogP) is 2.96. The van der Waals surface area contributed by atoms with Gasteiger partial charge in [-0.15, -0.1) is 0 Å². The Labute approximate surface area is 150 Å². The number of benzene rings is 3. The van der Waals surface area contributed by atoms with E-state index in [0.29, 0.717) is 9.69 Å². The maximum absolute atomic E-state index is 12.0. The fraction of sp³-hybridized carbons (Fsp3) is 0. The Bertz CT molecular complexity index is 1160. The van der Waals surface area contributed by atoms with Gasteiger partial charge in [-0.25, -0.2) is 4.31 Å². The van der Waals surface area contributed by atoms with Crippen molar-refractivity contribution in [3.63, 3.8) is 0 Å². The molecule has 136 valence electrons. The van der Waals surface area contributed by atoms with Gasteiger partial charge in [0.25, 0.3) is 0 Å². The van der Waals surface area contributed by atoms with Crippen LogP contribution < -0.4 is 8.49 Å². The van der Waals surface area contributed by atoms with E-state index < -0.39 is 26.5 Å². The van der Waals surface area contributed by atoms with E-state index in [1.807, 2.05) is 0 Å². The lowest BCUT2D eigenvalue weighted by Crippen LogP contribution is -2.26. The number of hydrogen-bond donors (Lipinski definition) is 2. The predicted molar refractivity (Wildman–Crippen MR) is 96.3 cm³/mol. The average molecular weight is 395 g/mol. The number of fused-ring (bicyclic) bond motifs is 1. The van der Waals surface area contributed by atoms with Gasteiger partial charge in [0.2, 0.25) is 0 Å². The highest BCUT2D eigenvalue weighted by molar-refractivity contribution is 7.87. The summed E-state index contributed by atoms with van der Waals surface area (Å²) >= 11 is 0. The number of anilines is 2. The van der Waals surface area contributed by atoms with E-state index in [-0.39, 0.29) is 16.8 Å². The molecule has 0 aliphatic rings. The minimum absolute atomic E-state index is 0.0467. The molecule has 0 bridgehead atoms. The van der Waals surface area contributed by atoms with Crippen molar-refractivity contribution in [1.29, 1.82) is 0 Å². The zero-order chi connectivity index (χ0) is 18.9. The van der Waals surface area contributed by atoms with Crippen LogP contribution in [0.5, 0.6) is 5.75 Å². The van der Waals surface area contributed by atoms with Crippen molar-refractivity contribution in [2.75, 3.05) is 4.31 Å². The Morgan fingerprint density at radius 1 is 0.769 bits per heavy atom. The summed E-state index contributed by atoms with van der Waals surface area (Å²) in [5.41, 5.74) is -0.236. The molecule has 3 rings (SSSR count). The standard InChI is InChI=1S/C16H13NO7S2/c18-25(19,20)17(13-7-2-1-3-8-13)15-11-10-12-6-4-5-9-14(12)16(15)24-26(21,22)23/h1-11H,(H,18,19,20)(H,21,22,23). The van der Waals surface area contributed by atoms with E-state index >= 15 is 0 Å². The molecule has 0 aliphatic carbocycles. The first-order valence-electron chi connectivity index (χ1n) is 7.18. The average Bonchev–Trinajstić information content (AvgIpc) is 2.55. The van der Waals surface area contributed by atoms with Crippen LogP contribution in [0.25, 0.3) is 10.8 Å². The summed E-state index contributed by atoms with van der Waals surface area (Å²) in [5.74, 6) is -0.438. The molecule has 0 amide bonds. The number of rotatable bonds is 5. The Balaban J connectivity index is 2.36. The second-order valence-electron chi connectivity index (χ2n) is 5.22. The van der Waals surface area contributed by atoms with Crippen LogP contribution >= 0.6 is 0 Å². The maximum Gasteiger partial charge on any atom is 0.446 e. The van der Waals surface area contributed by atoms with Gasteiger partial charge in [0.15, 0.2) is 5.75 Å². The molecule has 0 aliphatic heterocycles. The first-order chi connectivity index (χ1) is 12.2. The van der Waals surface area contributed by atoms with E-state index in [2.05, 4.69) is 4.18 Å². The summed E-state index contributed by atoms with van der Waals surface area (Å²) < 4.78 is 70.6. The quantitative estimate of drug-likeness (QED) is 0.637. The Morgan fingerprint density at radius 3 is 2.00 bits per heavy atom. The summed E-state index contributed by atoms with van der Waals surface area (Å²) in [6.07, 6.45) is 0. The largest absolute Gasteiger partial charge is 0.446 e. The molecule has 0 spiro atoms. The molecule has 10 heteroatoms. The minimum atomic E-state index is -4.96. The highest BCUT2D eigenvalue weighted by Crippen LogP contribution is 2.41. The van der Waals surface area contributed by atoms with Gasteiger partial charge < -0.3 is 4.18 Å². The van der Waals surface area contributed by atoms with E-state index in [1.54, 1.807) is 24.3 Å². The van der Waals surface area contributed by atoms with Crippen LogP contribution in [0.15, 0.2) is 66.7 Å². The van der Waals surface area contributed by atoms with Crippen molar-refractivity contribution >= 4 is 42.9 Å². The molecule has 3 aromatic rings. The van der Waals surface area contributed by atoms with Crippen molar-refractivity contribution in [2.24, 2.45) is 0 Å². The normalized spacial score (nSPS) is 12.1. The van der Waals surface area contributed by atoms with Gasteiger partial charge in [0, 0.05) is 5.39 Å². The van der Waals surface area contributed by atoms with Gasteiger partial charge in [-0.05, 0) is 23.6 Å². The molecule has 8 nitrogen and oxygen atoms in total. The molecular weight excluding hydrogens is 382 g/mol. The third-order valence-corrected chi connectivity index (χ3v) is 4.73. The van der Waals surface area contributed by atoms with E-state index in [0.717, 1.165) is 0 Å². The summed E-state index contributed by atoms with van der Waals surface area (Å²) in [4.78, 5) is 0. The molecule has 0 unspecified atom stereocenters. The fourth-order valence-electron chi connectivity index (χ4n) is 2.54. The van der Waals surface area contributed by atoms with Gasteiger partial charge in [-0.3, -0.25) is 9.11 Å². The molecule has 0 saturated carbocycles. The molecule has 0 aromatic heterocycles. The Kier molecular flexibility index (Phi) is 4.59. The summed E-state index contributed by atoms with van der Waals surface area (Å²) in [5, 5.41) is 0.769. The summed E-state index contributed by atoms with van der Waals surface area (Å²) in [6, 6.07) is 16.7. The third kappa shape index (κ3) is 3.78. The maximum atomic E-state index is 12.0. The molecule has 0 fully saturated rings. The zero-order valence-corrected chi connectivity index (χ0v) is 14.7. The lowest BCUT2D eigenvalue weighted by Gasteiger charge is -2.23. The monoisotopic (exact) mass is 395 g/mol. The fourth-order valence-corrected chi connectivity index (χ4v) is 3.71. The molecule has 2 N–H and O–H groups in total. The second-order valence-corrected chi connectivity index (χ2v) is 7.51. The van der Waals surface area contributed by atoms with Crippen molar-refractivity contribution in [1.82, 2.24) is 0 Å². The van der Waals surface area contributed by atoms with Crippen LogP contribution in [0.2, 0.25) is 0 Å². The second kappa shape index (κ2) is 6.57.